The smallest absolute Gasteiger partial charge is 0.0636 e. The first-order chi connectivity index (χ1) is 3.81. The number of hydrogen-bond donors (Lipinski definition) is 0. The molecule has 0 aliphatic carbocycles. The van der Waals surface area contributed by atoms with Gasteiger partial charge in [0.15, 0.2) is 0 Å². The third-order valence-corrected chi connectivity index (χ3v) is 1.49. The molecule has 0 amide bonds. The van der Waals surface area contributed by atoms with Gasteiger partial charge in [-0.3, -0.25) is 4.99 Å². The number of rotatable bonds is 3. The molecule has 1 nitrogen and oxygen atoms in total. The molecule has 0 aromatic rings. The highest BCUT2D eigenvalue weighted by atomic mass is 28.2. The maximum absolute atomic E-state index is 4.29. The van der Waals surface area contributed by atoms with Crippen LogP contribution in [0.2, 0.25) is 6.55 Å². The molecule has 0 rings (SSSR count). The van der Waals surface area contributed by atoms with Crippen molar-refractivity contribution < 1.29 is 0 Å². The maximum Gasteiger partial charge on any atom is 0.0636 e. The molecule has 0 aromatic heterocycles. The Labute approximate surface area is 54.0 Å². The molecule has 0 saturated heterocycles. The molecule has 0 bridgehead atoms. The Kier molecular flexibility index (Phi) is 4.96. The molecule has 0 atom stereocenters. The third-order valence-electron chi connectivity index (χ3n) is 1.02. The second-order valence-corrected chi connectivity index (χ2v) is 2.78. The van der Waals surface area contributed by atoms with Gasteiger partial charge in [-0.25, -0.2) is 0 Å². The fraction of sp³-hybridized carbons (Fsp3) is 0.833. The van der Waals surface area contributed by atoms with Crippen molar-refractivity contribution in [1.82, 2.24) is 0 Å². The molecule has 0 spiro atoms. The van der Waals surface area contributed by atoms with E-state index >= 15 is 0 Å². The molecule has 0 aromatic carbocycles. The van der Waals surface area contributed by atoms with Crippen molar-refractivity contribution >= 4 is 15.2 Å². The van der Waals surface area contributed by atoms with Crippen molar-refractivity contribution in [2.45, 2.75) is 26.8 Å². The van der Waals surface area contributed by atoms with Gasteiger partial charge < -0.3 is 0 Å². The Hall–Kier alpha value is -0.113. The Bertz CT molecular complexity index is 78.6. The molecule has 2 heteroatoms. The van der Waals surface area contributed by atoms with Gasteiger partial charge in [-0.05, 0) is 13.3 Å². The van der Waals surface area contributed by atoms with Crippen molar-refractivity contribution in [3.63, 3.8) is 0 Å². The molecular formula is C6H13NSi. The van der Waals surface area contributed by atoms with E-state index in [1.807, 2.05) is 0 Å². The zero-order chi connectivity index (χ0) is 6.41. The highest BCUT2D eigenvalue weighted by molar-refractivity contribution is 6.33. The lowest BCUT2D eigenvalue weighted by molar-refractivity contribution is 1.21. The van der Waals surface area contributed by atoms with Crippen LogP contribution in [0.5, 0.6) is 0 Å². The van der Waals surface area contributed by atoms with Gasteiger partial charge in [-0.1, -0.05) is 13.5 Å². The van der Waals surface area contributed by atoms with Crippen molar-refractivity contribution in [2.24, 2.45) is 4.99 Å². The molecule has 0 N–H and O–H groups in total. The average molecular weight is 127 g/mol. The van der Waals surface area contributed by atoms with Crippen LogP contribution in [-0.2, 0) is 0 Å². The van der Waals surface area contributed by atoms with E-state index in [0.717, 1.165) is 22.1 Å². The monoisotopic (exact) mass is 127 g/mol. The molecule has 46 valence electrons. The van der Waals surface area contributed by atoms with E-state index in [1.54, 1.807) is 0 Å². The van der Waals surface area contributed by atoms with Gasteiger partial charge in [0.2, 0.25) is 0 Å². The first-order valence-corrected chi connectivity index (χ1v) is 4.66. The molecular weight excluding hydrogens is 114 g/mol. The molecule has 0 aliphatic heterocycles. The Morgan fingerprint density at radius 1 is 1.62 bits per heavy atom. The predicted octanol–water partition coefficient (Wildman–Crippen LogP) is 1.57. The number of aliphatic imine (C=N–C) groups is 1. The summed E-state index contributed by atoms with van der Waals surface area (Å²) in [5.41, 5.74) is 1.28. The highest BCUT2D eigenvalue weighted by Gasteiger charge is 1.81. The molecule has 0 unspecified atom stereocenters. The summed E-state index contributed by atoms with van der Waals surface area (Å²) in [5, 5.41) is 0. The van der Waals surface area contributed by atoms with Gasteiger partial charge >= 0.3 is 0 Å². The minimum absolute atomic E-state index is 0.966. The van der Waals surface area contributed by atoms with Gasteiger partial charge in [0.25, 0.3) is 0 Å². The Balaban J connectivity index is 3.26. The topological polar surface area (TPSA) is 12.4 Å². The quantitative estimate of drug-likeness (QED) is 0.403. The molecule has 0 saturated carbocycles. The SMILES string of the molecule is CCC(C)=NC[Si]C. The summed E-state index contributed by atoms with van der Waals surface area (Å²) in [4.78, 5) is 4.29. The summed E-state index contributed by atoms with van der Waals surface area (Å²) in [6, 6.07) is 0. The van der Waals surface area contributed by atoms with E-state index in [2.05, 4.69) is 25.4 Å². The first-order valence-electron chi connectivity index (χ1n) is 2.95. The first kappa shape index (κ1) is 7.89. The van der Waals surface area contributed by atoms with E-state index in [0.29, 0.717) is 0 Å². The molecule has 2 radical (unpaired) electrons. The van der Waals surface area contributed by atoms with Crippen LogP contribution in [0, 0.1) is 0 Å². The standard InChI is InChI=1S/C6H13NSi/c1-4-6(2)7-5-8-3/h4-5H2,1-3H3. The largest absolute Gasteiger partial charge is 0.298 e. The second-order valence-electron chi connectivity index (χ2n) is 1.76. The number of hydrogen-bond acceptors (Lipinski definition) is 1. The highest BCUT2D eigenvalue weighted by Crippen LogP contribution is 1.82. The Morgan fingerprint density at radius 3 is 2.62 bits per heavy atom. The lowest BCUT2D eigenvalue weighted by atomic mass is 10.3. The van der Waals surface area contributed by atoms with Crippen LogP contribution in [0.4, 0.5) is 0 Å². The minimum atomic E-state index is 0.966. The Morgan fingerprint density at radius 2 is 2.25 bits per heavy atom. The zero-order valence-electron chi connectivity index (χ0n) is 5.86. The van der Waals surface area contributed by atoms with Crippen LogP contribution < -0.4 is 0 Å². The van der Waals surface area contributed by atoms with Crippen LogP contribution in [0.25, 0.3) is 0 Å². The zero-order valence-corrected chi connectivity index (χ0v) is 6.86. The summed E-state index contributed by atoms with van der Waals surface area (Å²) in [7, 11) is 0.966. The van der Waals surface area contributed by atoms with E-state index in [4.69, 9.17) is 0 Å². The van der Waals surface area contributed by atoms with Crippen molar-refractivity contribution in [3.05, 3.63) is 0 Å². The molecule has 0 heterocycles. The lowest BCUT2D eigenvalue weighted by Crippen LogP contribution is -1.94. The summed E-state index contributed by atoms with van der Waals surface area (Å²) in [6.07, 6.45) is 2.13. The van der Waals surface area contributed by atoms with Crippen LogP contribution in [0.1, 0.15) is 20.3 Å². The van der Waals surface area contributed by atoms with Gasteiger partial charge in [0.1, 0.15) is 0 Å². The van der Waals surface area contributed by atoms with E-state index < -0.39 is 0 Å². The summed E-state index contributed by atoms with van der Waals surface area (Å²) < 4.78 is 0. The molecule has 8 heavy (non-hydrogen) atoms. The normalized spacial score (nSPS) is 12.1. The fourth-order valence-electron chi connectivity index (χ4n) is 0.326. The maximum atomic E-state index is 4.29. The summed E-state index contributed by atoms with van der Waals surface area (Å²) >= 11 is 0. The van der Waals surface area contributed by atoms with Crippen LogP contribution >= 0.6 is 0 Å². The second kappa shape index (κ2) is 5.03. The lowest BCUT2D eigenvalue weighted by Gasteiger charge is -1.90. The fourth-order valence-corrected chi connectivity index (χ4v) is 0.754. The van der Waals surface area contributed by atoms with Crippen molar-refractivity contribution in [2.75, 3.05) is 6.17 Å². The third kappa shape index (κ3) is 4.06. The van der Waals surface area contributed by atoms with Crippen molar-refractivity contribution in [3.8, 4) is 0 Å². The van der Waals surface area contributed by atoms with E-state index in [-0.39, 0.29) is 0 Å². The summed E-state index contributed by atoms with van der Waals surface area (Å²) in [6.45, 7) is 6.39. The minimum Gasteiger partial charge on any atom is -0.298 e. The van der Waals surface area contributed by atoms with Crippen LogP contribution in [0.15, 0.2) is 4.99 Å². The van der Waals surface area contributed by atoms with E-state index in [1.165, 1.54) is 5.71 Å². The predicted molar refractivity (Wildman–Crippen MR) is 39.9 cm³/mol. The van der Waals surface area contributed by atoms with Gasteiger partial charge in [-0.2, -0.15) is 0 Å². The van der Waals surface area contributed by atoms with Crippen molar-refractivity contribution in [1.29, 1.82) is 0 Å². The van der Waals surface area contributed by atoms with Gasteiger partial charge in [0, 0.05) is 11.9 Å². The van der Waals surface area contributed by atoms with E-state index in [9.17, 15) is 0 Å². The van der Waals surface area contributed by atoms with Crippen LogP contribution in [0.3, 0.4) is 0 Å². The molecule has 0 aliphatic rings. The summed E-state index contributed by atoms with van der Waals surface area (Å²) in [5.74, 6) is 0. The van der Waals surface area contributed by atoms with Crippen LogP contribution in [-0.4, -0.2) is 21.4 Å². The van der Waals surface area contributed by atoms with Gasteiger partial charge in [-0.15, -0.1) is 0 Å². The molecule has 0 fully saturated rings. The average Bonchev–Trinajstić information content (AvgIpc) is 1.83. The van der Waals surface area contributed by atoms with Gasteiger partial charge in [0.05, 0.1) is 9.52 Å². The number of nitrogens with zero attached hydrogens (tertiary/aromatic N) is 1.